The van der Waals surface area contributed by atoms with E-state index in [1.807, 2.05) is 18.2 Å². The summed E-state index contributed by atoms with van der Waals surface area (Å²) < 4.78 is 11.3. The van der Waals surface area contributed by atoms with Crippen LogP contribution in [0.2, 0.25) is 0 Å². The zero-order chi connectivity index (χ0) is 17.4. The summed E-state index contributed by atoms with van der Waals surface area (Å²) in [5.41, 5.74) is 1.01. The molecule has 4 rings (SSSR count). The Kier molecular flexibility index (Phi) is 3.71. The largest absolute Gasteiger partial charge is 0.487 e. The van der Waals surface area contributed by atoms with E-state index in [4.69, 9.17) is 9.15 Å². The smallest absolute Gasteiger partial charge is 0.433 e. The monoisotopic (exact) mass is 342 g/mol. The first-order chi connectivity index (χ1) is 12.1. The summed E-state index contributed by atoms with van der Waals surface area (Å²) in [6.07, 6.45) is 3.42. The van der Waals surface area contributed by atoms with Gasteiger partial charge in [-0.15, -0.1) is 0 Å². The number of amides is 1. The van der Waals surface area contributed by atoms with Crippen LogP contribution in [-0.2, 0) is 6.42 Å². The van der Waals surface area contributed by atoms with E-state index >= 15 is 0 Å². The number of furan rings is 1. The van der Waals surface area contributed by atoms with Crippen molar-refractivity contribution in [2.75, 3.05) is 13.1 Å². The maximum absolute atomic E-state index is 12.5. The number of aryl methyl sites for hydroxylation is 1. The summed E-state index contributed by atoms with van der Waals surface area (Å²) in [4.78, 5) is 24.2. The van der Waals surface area contributed by atoms with Gasteiger partial charge < -0.3 is 14.1 Å². The highest BCUT2D eigenvalue weighted by atomic mass is 16.6. The maximum atomic E-state index is 12.5. The SMILES string of the molecule is O=C(c1ccc([N+](=O)[O-])o1)N1CCC2(CCc3ccccc3O2)CC1. The molecule has 0 bridgehead atoms. The molecule has 1 spiro atoms. The molecule has 2 aliphatic rings. The molecule has 7 heteroatoms. The molecule has 3 heterocycles. The molecule has 2 aromatic rings. The van der Waals surface area contributed by atoms with Gasteiger partial charge in [0.1, 0.15) is 16.3 Å². The molecule has 1 amide bonds. The van der Waals surface area contributed by atoms with Gasteiger partial charge in [0.15, 0.2) is 5.76 Å². The molecule has 0 saturated carbocycles. The van der Waals surface area contributed by atoms with Gasteiger partial charge in [-0.2, -0.15) is 0 Å². The first-order valence-corrected chi connectivity index (χ1v) is 8.37. The number of nitro groups is 1. The van der Waals surface area contributed by atoms with Crippen LogP contribution in [0.15, 0.2) is 40.8 Å². The standard InChI is InChI=1S/C18H18N2O5/c21-17(15-5-6-16(24-15)20(22)23)19-11-9-18(10-12-19)8-7-13-3-1-2-4-14(13)25-18/h1-6H,7-12H2. The van der Waals surface area contributed by atoms with Crippen LogP contribution in [0.4, 0.5) is 5.88 Å². The predicted molar refractivity (Wildman–Crippen MR) is 88.6 cm³/mol. The number of likely N-dealkylation sites (tertiary alicyclic amines) is 1. The fourth-order valence-corrected chi connectivity index (χ4v) is 3.62. The minimum atomic E-state index is -0.644. The van der Waals surface area contributed by atoms with Crippen molar-refractivity contribution in [3.05, 3.63) is 57.8 Å². The number of ether oxygens (including phenoxy) is 1. The quantitative estimate of drug-likeness (QED) is 0.618. The lowest BCUT2D eigenvalue weighted by Crippen LogP contribution is -2.51. The summed E-state index contributed by atoms with van der Waals surface area (Å²) in [6, 6.07) is 10.6. The minimum Gasteiger partial charge on any atom is -0.487 e. The van der Waals surface area contributed by atoms with Crippen molar-refractivity contribution < 1.29 is 18.9 Å². The van der Waals surface area contributed by atoms with Gasteiger partial charge in [-0.05, 0) is 30.5 Å². The molecule has 25 heavy (non-hydrogen) atoms. The van der Waals surface area contributed by atoms with E-state index in [9.17, 15) is 14.9 Å². The number of hydrogen-bond donors (Lipinski definition) is 0. The normalized spacial score (nSPS) is 18.5. The lowest BCUT2D eigenvalue weighted by molar-refractivity contribution is -0.402. The zero-order valence-electron chi connectivity index (χ0n) is 13.6. The molecule has 0 N–H and O–H groups in total. The van der Waals surface area contributed by atoms with Crippen LogP contribution >= 0.6 is 0 Å². The number of fused-ring (bicyclic) bond motifs is 1. The molecule has 1 fully saturated rings. The van der Waals surface area contributed by atoms with Crippen molar-refractivity contribution in [1.82, 2.24) is 4.90 Å². The maximum Gasteiger partial charge on any atom is 0.433 e. The van der Waals surface area contributed by atoms with Crippen molar-refractivity contribution in [1.29, 1.82) is 0 Å². The second-order valence-corrected chi connectivity index (χ2v) is 6.58. The third kappa shape index (κ3) is 2.86. The van der Waals surface area contributed by atoms with Crippen molar-refractivity contribution >= 4 is 11.8 Å². The van der Waals surface area contributed by atoms with Gasteiger partial charge in [-0.3, -0.25) is 14.9 Å². The van der Waals surface area contributed by atoms with Crippen LogP contribution < -0.4 is 4.74 Å². The van der Waals surface area contributed by atoms with E-state index in [0.29, 0.717) is 13.1 Å². The Morgan fingerprint density at radius 2 is 1.88 bits per heavy atom. The predicted octanol–water partition coefficient (Wildman–Crippen LogP) is 3.19. The average molecular weight is 342 g/mol. The van der Waals surface area contributed by atoms with Crippen molar-refractivity contribution in [3.8, 4) is 5.75 Å². The first-order valence-electron chi connectivity index (χ1n) is 8.37. The molecule has 130 valence electrons. The summed E-state index contributed by atoms with van der Waals surface area (Å²) in [5, 5.41) is 10.7. The Hall–Kier alpha value is -2.83. The molecule has 1 saturated heterocycles. The second kappa shape index (κ2) is 5.91. The highest BCUT2D eigenvalue weighted by Gasteiger charge is 2.40. The number of carbonyl (C=O) groups is 1. The van der Waals surface area contributed by atoms with Crippen LogP contribution in [-0.4, -0.2) is 34.4 Å². The van der Waals surface area contributed by atoms with Crippen molar-refractivity contribution in [3.63, 3.8) is 0 Å². The van der Waals surface area contributed by atoms with Gasteiger partial charge >= 0.3 is 5.88 Å². The Labute approximate surface area is 144 Å². The van der Waals surface area contributed by atoms with Gasteiger partial charge in [0.05, 0.1) is 6.07 Å². The lowest BCUT2D eigenvalue weighted by atomic mass is 9.83. The molecule has 0 radical (unpaired) electrons. The molecule has 0 aliphatic carbocycles. The van der Waals surface area contributed by atoms with E-state index in [1.54, 1.807) is 4.90 Å². The molecule has 0 unspecified atom stereocenters. The molecule has 0 atom stereocenters. The fraction of sp³-hybridized carbons (Fsp3) is 0.389. The van der Waals surface area contributed by atoms with Gasteiger partial charge in [0.25, 0.3) is 5.91 Å². The number of piperidine rings is 1. The Morgan fingerprint density at radius 3 is 2.60 bits per heavy atom. The highest BCUT2D eigenvalue weighted by molar-refractivity contribution is 5.91. The third-order valence-corrected chi connectivity index (χ3v) is 5.09. The van der Waals surface area contributed by atoms with Crippen molar-refractivity contribution in [2.45, 2.75) is 31.3 Å². The second-order valence-electron chi connectivity index (χ2n) is 6.58. The molecular weight excluding hydrogens is 324 g/mol. The number of para-hydroxylation sites is 1. The minimum absolute atomic E-state index is 0.0116. The van der Waals surface area contributed by atoms with E-state index in [2.05, 4.69) is 6.07 Å². The number of benzene rings is 1. The molecular formula is C18H18N2O5. The summed E-state index contributed by atoms with van der Waals surface area (Å²) in [5.74, 6) is 0.232. The lowest BCUT2D eigenvalue weighted by Gasteiger charge is -2.44. The number of nitrogens with zero attached hydrogens (tertiary/aromatic N) is 2. The van der Waals surface area contributed by atoms with E-state index in [0.717, 1.165) is 31.4 Å². The average Bonchev–Trinajstić information content (AvgIpc) is 3.12. The van der Waals surface area contributed by atoms with E-state index < -0.39 is 10.8 Å². The number of rotatable bonds is 2. The Bertz CT molecular complexity index is 820. The van der Waals surface area contributed by atoms with Crippen LogP contribution in [0.1, 0.15) is 35.4 Å². The van der Waals surface area contributed by atoms with E-state index in [1.165, 1.54) is 17.7 Å². The summed E-state index contributed by atoms with van der Waals surface area (Å²) >= 11 is 0. The highest BCUT2D eigenvalue weighted by Crippen LogP contribution is 2.39. The molecule has 2 aliphatic heterocycles. The fourth-order valence-electron chi connectivity index (χ4n) is 3.62. The van der Waals surface area contributed by atoms with Crippen LogP contribution in [0.25, 0.3) is 0 Å². The van der Waals surface area contributed by atoms with E-state index in [-0.39, 0.29) is 17.3 Å². The number of hydrogen-bond acceptors (Lipinski definition) is 5. The van der Waals surface area contributed by atoms with Gasteiger partial charge in [-0.25, -0.2) is 0 Å². The Balaban J connectivity index is 1.43. The van der Waals surface area contributed by atoms with Gasteiger partial charge in [0.2, 0.25) is 0 Å². The van der Waals surface area contributed by atoms with Gasteiger partial charge in [-0.1, -0.05) is 18.2 Å². The van der Waals surface area contributed by atoms with Crippen molar-refractivity contribution in [2.24, 2.45) is 0 Å². The summed E-state index contributed by atoms with van der Waals surface area (Å²) in [6.45, 7) is 1.10. The first kappa shape index (κ1) is 15.7. The van der Waals surface area contributed by atoms with Gasteiger partial charge in [0, 0.05) is 25.9 Å². The number of carbonyl (C=O) groups excluding carboxylic acids is 1. The zero-order valence-corrected chi connectivity index (χ0v) is 13.6. The topological polar surface area (TPSA) is 85.8 Å². The molecule has 1 aromatic carbocycles. The van der Waals surface area contributed by atoms with Crippen LogP contribution in [0.5, 0.6) is 5.75 Å². The van der Waals surface area contributed by atoms with Crippen LogP contribution in [0, 0.1) is 10.1 Å². The molecule has 1 aromatic heterocycles. The Morgan fingerprint density at radius 1 is 1.12 bits per heavy atom. The van der Waals surface area contributed by atoms with Crippen LogP contribution in [0.3, 0.4) is 0 Å². The summed E-state index contributed by atoms with van der Waals surface area (Å²) in [7, 11) is 0. The third-order valence-electron chi connectivity index (χ3n) is 5.09. The molecule has 7 nitrogen and oxygen atoms in total.